The number of aromatic nitrogens is 1. The molecule has 0 aliphatic rings. The second-order valence-electron chi connectivity index (χ2n) is 12.5. The molecule has 1 unspecified atom stereocenters. The third-order valence-corrected chi connectivity index (χ3v) is 7.97. The van der Waals surface area contributed by atoms with Crippen molar-refractivity contribution < 1.29 is 32.7 Å². The van der Waals surface area contributed by atoms with Crippen molar-refractivity contribution in [2.45, 2.75) is 71.5 Å². The highest BCUT2D eigenvalue weighted by atomic mass is 19.4. The van der Waals surface area contributed by atoms with Crippen molar-refractivity contribution in [3.8, 4) is 0 Å². The van der Waals surface area contributed by atoms with Gasteiger partial charge in [0, 0.05) is 35.5 Å². The molecule has 1 aromatic heterocycles. The molecule has 238 valence electrons. The lowest BCUT2D eigenvalue weighted by Gasteiger charge is -2.20. The number of hydrogen-bond donors (Lipinski definition) is 2. The molecule has 2 N–H and O–H groups in total. The number of benzene rings is 3. The molecule has 0 radical (unpaired) electrons. The zero-order valence-electron chi connectivity index (χ0n) is 26.0. The van der Waals surface area contributed by atoms with Gasteiger partial charge >= 0.3 is 12.1 Å². The Kier molecular flexibility index (Phi) is 10.2. The number of fused-ring (bicyclic) bond motifs is 1. The van der Waals surface area contributed by atoms with Crippen LogP contribution in [0, 0.1) is 5.92 Å². The number of carboxylic acids is 1. The largest absolute Gasteiger partial charge is 0.481 e. The van der Waals surface area contributed by atoms with Gasteiger partial charge in [0.2, 0.25) is 0 Å². The Balaban J connectivity index is 1.65. The Morgan fingerprint density at radius 1 is 0.867 bits per heavy atom. The molecule has 0 aliphatic heterocycles. The number of rotatable bonds is 12. The van der Waals surface area contributed by atoms with Gasteiger partial charge in [-0.2, -0.15) is 13.2 Å². The molecular weight excluding hydrogens is 581 g/mol. The van der Waals surface area contributed by atoms with E-state index in [1.807, 2.05) is 35.8 Å². The van der Waals surface area contributed by atoms with E-state index < -0.39 is 23.6 Å². The summed E-state index contributed by atoms with van der Waals surface area (Å²) in [6.07, 6.45) is -2.99. The van der Waals surface area contributed by atoms with E-state index in [9.17, 15) is 27.6 Å². The van der Waals surface area contributed by atoms with Gasteiger partial charge in [-0.05, 0) is 71.3 Å². The Bertz CT molecular complexity index is 1660. The summed E-state index contributed by atoms with van der Waals surface area (Å²) in [6.45, 7) is 8.68. The number of nitrogens with one attached hydrogen (secondary N) is 1. The van der Waals surface area contributed by atoms with Crippen molar-refractivity contribution in [2.75, 3.05) is 6.54 Å². The van der Waals surface area contributed by atoms with Crippen LogP contribution in [0.3, 0.4) is 0 Å². The van der Waals surface area contributed by atoms with Gasteiger partial charge in [0.15, 0.2) is 5.78 Å². The van der Waals surface area contributed by atoms with Crippen LogP contribution in [0.15, 0.2) is 72.8 Å². The number of carboxylic acid groups (broad SMARTS) is 1. The minimum atomic E-state index is -4.51. The number of nitrogens with zero attached hydrogens (tertiary/aromatic N) is 1. The maximum Gasteiger partial charge on any atom is 0.416 e. The van der Waals surface area contributed by atoms with E-state index in [1.165, 1.54) is 6.07 Å². The van der Waals surface area contributed by atoms with Gasteiger partial charge in [-0.15, -0.1) is 0 Å². The SMILES string of the molecule is CCCC(Cc1ccc(C(=O)NCCC(=O)O)cc1)C(=O)c1cc2cc(C(F)(F)F)ccc2n1Cc1ccc(C(C)(C)C)cc1. The third-order valence-electron chi connectivity index (χ3n) is 7.97. The molecule has 3 aromatic carbocycles. The second kappa shape index (κ2) is 13.7. The lowest BCUT2D eigenvalue weighted by atomic mass is 9.86. The summed E-state index contributed by atoms with van der Waals surface area (Å²) in [5.74, 6) is -1.97. The summed E-state index contributed by atoms with van der Waals surface area (Å²) in [5, 5.41) is 11.7. The first-order valence-corrected chi connectivity index (χ1v) is 15.1. The van der Waals surface area contributed by atoms with E-state index in [4.69, 9.17) is 5.11 Å². The van der Waals surface area contributed by atoms with E-state index in [0.29, 0.717) is 41.5 Å². The molecule has 0 bridgehead atoms. The number of amides is 1. The summed E-state index contributed by atoms with van der Waals surface area (Å²) in [5.41, 5.74) is 3.41. The highest BCUT2D eigenvalue weighted by Crippen LogP contribution is 2.34. The van der Waals surface area contributed by atoms with Gasteiger partial charge in [-0.1, -0.05) is 70.5 Å². The standard InChI is InChI=1S/C36H39F3N2O4/c1-5-6-26(19-23-7-11-25(12-8-23)34(45)40-18-17-32(42)43)33(44)31-21-27-20-29(36(37,38)39)15-16-30(27)41(31)22-24-9-13-28(14-10-24)35(2,3)4/h7-16,20-21,26H,5-6,17-19,22H2,1-4H3,(H,40,45)(H,42,43). The molecule has 45 heavy (non-hydrogen) atoms. The predicted octanol–water partition coefficient (Wildman–Crippen LogP) is 8.05. The average Bonchev–Trinajstić information content (AvgIpc) is 3.33. The lowest BCUT2D eigenvalue weighted by Crippen LogP contribution is -2.26. The van der Waals surface area contributed by atoms with E-state index in [1.54, 1.807) is 30.3 Å². The Morgan fingerprint density at radius 2 is 1.49 bits per heavy atom. The Hall–Kier alpha value is -4.40. The van der Waals surface area contributed by atoms with Gasteiger partial charge in [0.25, 0.3) is 5.91 Å². The molecule has 1 atom stereocenters. The van der Waals surface area contributed by atoms with Crippen LogP contribution in [0.25, 0.3) is 10.9 Å². The van der Waals surface area contributed by atoms with Crippen molar-refractivity contribution in [1.29, 1.82) is 0 Å². The van der Waals surface area contributed by atoms with E-state index in [-0.39, 0.29) is 30.1 Å². The highest BCUT2D eigenvalue weighted by molar-refractivity contribution is 6.02. The summed E-state index contributed by atoms with van der Waals surface area (Å²) in [7, 11) is 0. The molecule has 0 saturated heterocycles. The van der Waals surface area contributed by atoms with Crippen LogP contribution in [0.2, 0.25) is 0 Å². The zero-order chi connectivity index (χ0) is 32.9. The second-order valence-corrected chi connectivity index (χ2v) is 12.5. The molecule has 4 aromatic rings. The smallest absolute Gasteiger partial charge is 0.416 e. The number of aliphatic carboxylic acids is 1. The molecule has 9 heteroatoms. The van der Waals surface area contributed by atoms with E-state index >= 15 is 0 Å². The molecular formula is C36H39F3N2O4. The number of Topliss-reactive ketones (excluding diaryl/α,β-unsaturated/α-hetero) is 1. The Morgan fingerprint density at radius 3 is 2.07 bits per heavy atom. The topological polar surface area (TPSA) is 88.4 Å². The number of alkyl halides is 3. The average molecular weight is 621 g/mol. The predicted molar refractivity (Wildman–Crippen MR) is 169 cm³/mol. The van der Waals surface area contributed by atoms with Crippen molar-refractivity contribution in [1.82, 2.24) is 9.88 Å². The van der Waals surface area contributed by atoms with Crippen LogP contribution < -0.4 is 5.32 Å². The van der Waals surface area contributed by atoms with Crippen molar-refractivity contribution >= 4 is 28.6 Å². The van der Waals surface area contributed by atoms with Gasteiger partial charge in [-0.3, -0.25) is 14.4 Å². The molecule has 0 saturated carbocycles. The number of halogens is 3. The Labute approximate surface area is 261 Å². The number of ketones is 1. The fourth-order valence-electron chi connectivity index (χ4n) is 5.46. The molecule has 0 fully saturated rings. The third kappa shape index (κ3) is 8.41. The van der Waals surface area contributed by atoms with Gasteiger partial charge in [0.05, 0.1) is 17.7 Å². The van der Waals surface area contributed by atoms with Crippen molar-refractivity contribution in [3.05, 3.63) is 106 Å². The summed E-state index contributed by atoms with van der Waals surface area (Å²) in [4.78, 5) is 37.2. The normalized spacial score (nSPS) is 12.7. The first-order chi connectivity index (χ1) is 21.2. The van der Waals surface area contributed by atoms with Gasteiger partial charge in [-0.25, -0.2) is 0 Å². The van der Waals surface area contributed by atoms with Crippen molar-refractivity contribution in [3.63, 3.8) is 0 Å². The minimum absolute atomic E-state index is 0.0161. The van der Waals surface area contributed by atoms with E-state index in [0.717, 1.165) is 35.2 Å². The monoisotopic (exact) mass is 620 g/mol. The number of carbonyl (C=O) groups excluding carboxylic acids is 2. The van der Waals surface area contributed by atoms with Gasteiger partial charge in [0.1, 0.15) is 0 Å². The molecule has 4 rings (SSSR count). The maximum atomic E-state index is 14.2. The lowest BCUT2D eigenvalue weighted by molar-refractivity contribution is -0.138. The van der Waals surface area contributed by atoms with Crippen LogP contribution >= 0.6 is 0 Å². The fourth-order valence-corrected chi connectivity index (χ4v) is 5.46. The molecule has 1 heterocycles. The molecule has 1 amide bonds. The summed E-state index contributed by atoms with van der Waals surface area (Å²) >= 11 is 0. The minimum Gasteiger partial charge on any atom is -0.481 e. The molecule has 6 nitrogen and oxygen atoms in total. The number of hydrogen-bond acceptors (Lipinski definition) is 3. The zero-order valence-corrected chi connectivity index (χ0v) is 26.0. The fraction of sp³-hybridized carbons (Fsp3) is 0.361. The quantitative estimate of drug-likeness (QED) is 0.157. The van der Waals surface area contributed by atoms with Crippen LogP contribution in [-0.2, 0) is 29.4 Å². The maximum absolute atomic E-state index is 14.2. The summed E-state index contributed by atoms with van der Waals surface area (Å²) in [6, 6.07) is 20.0. The van der Waals surface area contributed by atoms with Crippen LogP contribution in [0.1, 0.15) is 90.1 Å². The highest BCUT2D eigenvalue weighted by Gasteiger charge is 2.32. The first kappa shape index (κ1) is 33.5. The number of carbonyl (C=O) groups is 3. The first-order valence-electron chi connectivity index (χ1n) is 15.1. The van der Waals surface area contributed by atoms with E-state index in [2.05, 4.69) is 26.1 Å². The van der Waals surface area contributed by atoms with Crippen LogP contribution in [0.5, 0.6) is 0 Å². The van der Waals surface area contributed by atoms with Crippen molar-refractivity contribution in [2.24, 2.45) is 5.92 Å². The molecule has 0 spiro atoms. The van der Waals surface area contributed by atoms with Gasteiger partial charge < -0.3 is 15.0 Å². The summed E-state index contributed by atoms with van der Waals surface area (Å²) < 4.78 is 42.6. The molecule has 0 aliphatic carbocycles. The van der Waals surface area contributed by atoms with Crippen LogP contribution in [0.4, 0.5) is 13.2 Å². The van der Waals surface area contributed by atoms with Crippen LogP contribution in [-0.4, -0.2) is 33.9 Å².